The predicted octanol–water partition coefficient (Wildman–Crippen LogP) is -0.752. The molecule has 1 fully saturated rings. The second-order valence-corrected chi connectivity index (χ2v) is 3.70. The largest absolute Gasteiger partial charge is 0.273 e. The van der Waals surface area contributed by atoms with E-state index in [0.717, 1.165) is 4.43 Å². The molecule has 1 aliphatic heterocycles. The maximum absolute atomic E-state index is 11.3. The highest BCUT2D eigenvalue weighted by atomic mass is 27.0. The molecular formula is C9H7AlN2O2. The second kappa shape index (κ2) is 3.45. The molecule has 5 heteroatoms. The Labute approximate surface area is 89.3 Å². The van der Waals surface area contributed by atoms with E-state index in [4.69, 9.17) is 0 Å². The van der Waals surface area contributed by atoms with Crippen molar-refractivity contribution in [3.05, 3.63) is 24.3 Å². The van der Waals surface area contributed by atoms with Crippen LogP contribution in [-0.2, 0) is 9.59 Å². The van der Waals surface area contributed by atoms with Gasteiger partial charge in [0, 0.05) is 0 Å². The van der Waals surface area contributed by atoms with Gasteiger partial charge in [0.05, 0.1) is 5.69 Å². The zero-order chi connectivity index (χ0) is 10.1. The van der Waals surface area contributed by atoms with Crippen LogP contribution in [0.15, 0.2) is 24.3 Å². The molecule has 1 saturated heterocycles. The van der Waals surface area contributed by atoms with Crippen LogP contribution in [0.3, 0.4) is 0 Å². The zero-order valence-corrected chi connectivity index (χ0v) is 8.51. The molecule has 2 amide bonds. The first-order valence-electron chi connectivity index (χ1n) is 4.15. The molecule has 68 valence electrons. The van der Waals surface area contributed by atoms with Gasteiger partial charge in [-0.3, -0.25) is 15.0 Å². The van der Waals surface area contributed by atoms with Crippen LogP contribution in [0.4, 0.5) is 5.69 Å². The Kier molecular flexibility index (Phi) is 2.28. The van der Waals surface area contributed by atoms with Gasteiger partial charge in [0.25, 0.3) is 5.91 Å². The van der Waals surface area contributed by atoms with Crippen molar-refractivity contribution >= 4 is 38.2 Å². The minimum absolute atomic E-state index is 0.0668. The summed E-state index contributed by atoms with van der Waals surface area (Å²) in [4.78, 5) is 22.2. The Morgan fingerprint density at radius 3 is 2.36 bits per heavy atom. The normalized spacial score (nSPS) is 15.9. The Bertz CT molecular complexity index is 388. The molecule has 0 aliphatic carbocycles. The van der Waals surface area contributed by atoms with Gasteiger partial charge in [-0.05, 0) is 12.1 Å². The third kappa shape index (κ3) is 1.65. The van der Waals surface area contributed by atoms with Gasteiger partial charge >= 0.3 is 0 Å². The van der Waals surface area contributed by atoms with Crippen LogP contribution in [0.25, 0.3) is 0 Å². The first-order chi connectivity index (χ1) is 6.66. The molecule has 1 aliphatic rings. The molecule has 0 unspecified atom stereocenters. The van der Waals surface area contributed by atoms with Gasteiger partial charge in [-0.15, -0.1) is 4.43 Å². The molecule has 1 N–H and O–H groups in total. The lowest BCUT2D eigenvalue weighted by molar-refractivity contribution is -0.122. The summed E-state index contributed by atoms with van der Waals surface area (Å²) in [6.07, 6.45) is -0.0668. The van der Waals surface area contributed by atoms with Gasteiger partial charge in [-0.25, -0.2) is 5.01 Å². The molecule has 0 bridgehead atoms. The van der Waals surface area contributed by atoms with E-state index in [1.165, 1.54) is 5.01 Å². The first-order valence-corrected chi connectivity index (χ1v) is 4.72. The van der Waals surface area contributed by atoms with Gasteiger partial charge in [0.2, 0.25) is 5.91 Å². The van der Waals surface area contributed by atoms with Crippen molar-refractivity contribution in [1.29, 1.82) is 0 Å². The van der Waals surface area contributed by atoms with Gasteiger partial charge in [0.1, 0.15) is 6.42 Å². The van der Waals surface area contributed by atoms with Gasteiger partial charge in [-0.1, -0.05) is 12.1 Å². The van der Waals surface area contributed by atoms with Gasteiger partial charge in [0.15, 0.2) is 16.3 Å². The molecule has 1 aromatic rings. The summed E-state index contributed by atoms with van der Waals surface area (Å²) in [5, 5.41) is 1.27. The number of nitrogens with zero attached hydrogens (tertiary/aromatic N) is 1. The quantitative estimate of drug-likeness (QED) is 0.481. The van der Waals surface area contributed by atoms with Crippen LogP contribution in [0.1, 0.15) is 6.42 Å². The highest BCUT2D eigenvalue weighted by molar-refractivity contribution is 6.32. The first kappa shape index (κ1) is 9.26. The standard InChI is InChI=1S/C9H7N2O2.Al/c12-8-6-9(13)11(10-8)7-4-2-1-3-5-7;/h2-5H,6H2,(H,10,12);. The number of nitrogens with one attached hydrogen (secondary N) is 1. The van der Waals surface area contributed by atoms with Crippen LogP contribution < -0.4 is 14.9 Å². The number of rotatable bonds is 1. The summed E-state index contributed by atoms with van der Waals surface area (Å²) < 4.78 is 1.03. The van der Waals surface area contributed by atoms with E-state index >= 15 is 0 Å². The molecule has 1 heterocycles. The molecule has 14 heavy (non-hydrogen) atoms. The topological polar surface area (TPSA) is 49.4 Å². The second-order valence-electron chi connectivity index (χ2n) is 3.03. The minimum Gasteiger partial charge on any atom is -0.273 e. The lowest BCUT2D eigenvalue weighted by atomic mass is 10.3. The zero-order valence-electron chi connectivity index (χ0n) is 7.36. The van der Waals surface area contributed by atoms with E-state index in [9.17, 15) is 9.59 Å². The molecule has 4 nitrogen and oxygen atoms in total. The van der Waals surface area contributed by atoms with E-state index in [2.05, 4.69) is 21.7 Å². The summed E-state index contributed by atoms with van der Waals surface area (Å²) in [6, 6.07) is 7.28. The molecule has 0 atom stereocenters. The van der Waals surface area contributed by atoms with Crippen LogP contribution in [0, 0.1) is 0 Å². The number of hydrogen-bond acceptors (Lipinski definition) is 2. The Balaban J connectivity index is 2.27. The predicted molar refractivity (Wildman–Crippen MR) is 52.1 cm³/mol. The molecule has 1 aromatic carbocycles. The Morgan fingerprint density at radius 1 is 1.21 bits per heavy atom. The van der Waals surface area contributed by atoms with Crippen LogP contribution in [0.5, 0.6) is 0 Å². The smallest absolute Gasteiger partial charge is 0.255 e. The average Bonchev–Trinajstić information content (AvgIpc) is 2.47. The SMILES string of the molecule is O=C1CC(=O)N(c2cc[c]([Al])cc2)N1. The van der Waals surface area contributed by atoms with Crippen molar-refractivity contribution in [3.63, 3.8) is 0 Å². The van der Waals surface area contributed by atoms with E-state index in [0.29, 0.717) is 5.69 Å². The van der Waals surface area contributed by atoms with Crippen molar-refractivity contribution in [1.82, 2.24) is 5.43 Å². The number of carbonyl (C=O) groups is 2. The van der Waals surface area contributed by atoms with Crippen molar-refractivity contribution in [2.45, 2.75) is 6.42 Å². The van der Waals surface area contributed by atoms with Crippen molar-refractivity contribution in [3.8, 4) is 0 Å². The highest BCUT2D eigenvalue weighted by Crippen LogP contribution is 2.14. The van der Waals surface area contributed by atoms with Crippen molar-refractivity contribution in [2.75, 3.05) is 5.01 Å². The summed E-state index contributed by atoms with van der Waals surface area (Å²) in [7, 11) is 0. The Morgan fingerprint density at radius 2 is 1.86 bits per heavy atom. The third-order valence-electron chi connectivity index (χ3n) is 1.95. The number of anilines is 1. The molecular weight excluding hydrogens is 195 g/mol. The fourth-order valence-corrected chi connectivity index (χ4v) is 1.47. The average molecular weight is 202 g/mol. The van der Waals surface area contributed by atoms with Crippen LogP contribution in [-0.4, -0.2) is 28.1 Å². The monoisotopic (exact) mass is 202 g/mol. The number of carbonyl (C=O) groups excluding carboxylic acids is 2. The number of benzene rings is 1. The maximum atomic E-state index is 11.3. The number of hydrogen-bond donors (Lipinski definition) is 1. The lowest BCUT2D eigenvalue weighted by Crippen LogP contribution is -2.35. The van der Waals surface area contributed by atoms with Crippen LogP contribution in [0.2, 0.25) is 0 Å². The van der Waals surface area contributed by atoms with Gasteiger partial charge < -0.3 is 0 Å². The van der Waals surface area contributed by atoms with E-state index < -0.39 is 0 Å². The molecule has 2 radical (unpaired) electrons. The highest BCUT2D eigenvalue weighted by Gasteiger charge is 2.27. The fourth-order valence-electron chi connectivity index (χ4n) is 1.27. The lowest BCUT2D eigenvalue weighted by Gasteiger charge is -2.15. The summed E-state index contributed by atoms with van der Waals surface area (Å²) in [6.45, 7) is 0. The van der Waals surface area contributed by atoms with Crippen LogP contribution >= 0.6 is 0 Å². The maximum Gasteiger partial charge on any atom is 0.255 e. The van der Waals surface area contributed by atoms with E-state index in [1.807, 2.05) is 12.1 Å². The van der Waals surface area contributed by atoms with E-state index in [-0.39, 0.29) is 18.2 Å². The van der Waals surface area contributed by atoms with Crippen molar-refractivity contribution < 1.29 is 9.59 Å². The summed E-state index contributed by atoms with van der Waals surface area (Å²) >= 11 is 2.55. The van der Waals surface area contributed by atoms with Gasteiger partial charge in [-0.2, -0.15) is 0 Å². The molecule has 0 spiro atoms. The number of amides is 2. The van der Waals surface area contributed by atoms with Crippen molar-refractivity contribution in [2.24, 2.45) is 0 Å². The fraction of sp³-hybridized carbons (Fsp3) is 0.111. The molecule has 2 rings (SSSR count). The number of hydrazine groups is 1. The molecule has 0 aromatic heterocycles. The molecule has 0 saturated carbocycles. The third-order valence-corrected chi connectivity index (χ3v) is 2.33. The minimum atomic E-state index is -0.259. The summed E-state index contributed by atoms with van der Waals surface area (Å²) in [5.74, 6) is -0.476. The Hall–Kier alpha value is -1.31. The van der Waals surface area contributed by atoms with E-state index in [1.54, 1.807) is 12.1 Å². The summed E-state index contributed by atoms with van der Waals surface area (Å²) in [5.41, 5.74) is 3.16.